The highest BCUT2D eigenvalue weighted by Gasteiger charge is 2.28. The summed E-state index contributed by atoms with van der Waals surface area (Å²) < 4.78 is 0. The van der Waals surface area contributed by atoms with Crippen molar-refractivity contribution in [2.75, 3.05) is 30.4 Å². The minimum absolute atomic E-state index is 0.116. The Bertz CT molecular complexity index is 564. The number of aliphatic hydroxyl groups excluding tert-OH is 1. The van der Waals surface area contributed by atoms with Gasteiger partial charge in [0.15, 0.2) is 11.5 Å². The fourth-order valence-corrected chi connectivity index (χ4v) is 2.41. The van der Waals surface area contributed by atoms with Crippen LogP contribution in [0.15, 0.2) is 6.33 Å². The average molecular weight is 262 g/mol. The zero-order valence-electron chi connectivity index (χ0n) is 10.9. The molecule has 0 amide bonds. The van der Waals surface area contributed by atoms with E-state index < -0.39 is 0 Å². The molecule has 7 nitrogen and oxygen atoms in total. The molecule has 102 valence electrons. The molecule has 19 heavy (non-hydrogen) atoms. The summed E-state index contributed by atoms with van der Waals surface area (Å²) in [6, 6.07) is 0.457. The van der Waals surface area contributed by atoms with Gasteiger partial charge in [-0.3, -0.25) is 0 Å². The van der Waals surface area contributed by atoms with Gasteiger partial charge in [-0.15, -0.1) is 0 Å². The van der Waals surface area contributed by atoms with Crippen LogP contribution in [-0.4, -0.2) is 51.3 Å². The number of aromatic nitrogens is 4. The molecule has 1 saturated carbocycles. The van der Waals surface area contributed by atoms with Crippen LogP contribution in [0.2, 0.25) is 0 Å². The molecule has 2 heterocycles. The van der Waals surface area contributed by atoms with Crippen LogP contribution >= 0.6 is 0 Å². The zero-order valence-corrected chi connectivity index (χ0v) is 10.9. The number of imidazole rings is 1. The summed E-state index contributed by atoms with van der Waals surface area (Å²) in [6.07, 6.45) is 5.16. The lowest BCUT2D eigenvalue weighted by molar-refractivity contribution is 0.283. The molecule has 3 rings (SSSR count). The number of aliphatic hydroxyl groups is 1. The van der Waals surface area contributed by atoms with Crippen LogP contribution in [0.3, 0.4) is 0 Å². The number of aromatic amines is 1. The van der Waals surface area contributed by atoms with E-state index in [9.17, 15) is 5.11 Å². The summed E-state index contributed by atoms with van der Waals surface area (Å²) in [6.45, 7) is 0.698. The third kappa shape index (κ3) is 2.10. The van der Waals surface area contributed by atoms with Crippen molar-refractivity contribution < 1.29 is 5.11 Å². The molecular formula is C12H18N6O. The highest BCUT2D eigenvalue weighted by atomic mass is 16.3. The average Bonchev–Trinajstić information content (AvgIpc) is 2.83. The van der Waals surface area contributed by atoms with Crippen molar-refractivity contribution in [3.8, 4) is 0 Å². The molecule has 0 aliphatic heterocycles. The van der Waals surface area contributed by atoms with Crippen molar-refractivity contribution in [3.05, 3.63) is 6.33 Å². The molecule has 0 bridgehead atoms. The van der Waals surface area contributed by atoms with Crippen LogP contribution in [0.1, 0.15) is 19.3 Å². The van der Waals surface area contributed by atoms with Crippen LogP contribution in [0.25, 0.3) is 11.2 Å². The zero-order chi connectivity index (χ0) is 13.2. The number of nitrogens with zero attached hydrogens (tertiary/aromatic N) is 4. The first-order valence-corrected chi connectivity index (χ1v) is 6.60. The Balaban J connectivity index is 2.06. The minimum atomic E-state index is 0.116. The Labute approximate surface area is 111 Å². The van der Waals surface area contributed by atoms with E-state index in [0.29, 0.717) is 24.2 Å². The fourth-order valence-electron chi connectivity index (χ4n) is 2.41. The molecule has 0 saturated heterocycles. The Hall–Kier alpha value is -1.89. The summed E-state index contributed by atoms with van der Waals surface area (Å²) in [7, 11) is 1.79. The second-order valence-corrected chi connectivity index (χ2v) is 4.72. The van der Waals surface area contributed by atoms with Crippen molar-refractivity contribution in [3.63, 3.8) is 0 Å². The minimum Gasteiger partial charge on any atom is -0.395 e. The van der Waals surface area contributed by atoms with Gasteiger partial charge in [0, 0.05) is 19.6 Å². The quantitative estimate of drug-likeness (QED) is 0.736. The molecule has 0 radical (unpaired) electrons. The summed E-state index contributed by atoms with van der Waals surface area (Å²) in [4.78, 5) is 18.3. The number of fused-ring (bicyclic) bond motifs is 1. The molecule has 1 fully saturated rings. The largest absolute Gasteiger partial charge is 0.395 e. The van der Waals surface area contributed by atoms with E-state index in [0.717, 1.165) is 24.2 Å². The van der Waals surface area contributed by atoms with Crippen LogP contribution in [-0.2, 0) is 0 Å². The van der Waals surface area contributed by atoms with Gasteiger partial charge in [-0.25, -0.2) is 4.98 Å². The van der Waals surface area contributed by atoms with Gasteiger partial charge < -0.3 is 20.3 Å². The monoisotopic (exact) mass is 262 g/mol. The second kappa shape index (κ2) is 5.00. The maximum Gasteiger partial charge on any atom is 0.226 e. The predicted molar refractivity (Wildman–Crippen MR) is 73.3 cm³/mol. The Morgan fingerprint density at radius 3 is 2.95 bits per heavy atom. The summed E-state index contributed by atoms with van der Waals surface area (Å²) in [5.74, 6) is 1.38. The van der Waals surface area contributed by atoms with Gasteiger partial charge in [0.25, 0.3) is 0 Å². The summed E-state index contributed by atoms with van der Waals surface area (Å²) in [5, 5.41) is 12.2. The third-order valence-electron chi connectivity index (χ3n) is 3.62. The molecule has 2 aromatic rings. The maximum absolute atomic E-state index is 9.29. The molecule has 0 unspecified atom stereocenters. The number of anilines is 2. The molecule has 0 atom stereocenters. The van der Waals surface area contributed by atoms with Crippen molar-refractivity contribution in [1.82, 2.24) is 19.9 Å². The van der Waals surface area contributed by atoms with Gasteiger partial charge in [-0.2, -0.15) is 9.97 Å². The highest BCUT2D eigenvalue weighted by Crippen LogP contribution is 2.31. The Kier molecular flexibility index (Phi) is 3.20. The SMILES string of the molecule is CNc1nc(N(CCO)C2CCC2)c2[nH]cnc2n1. The van der Waals surface area contributed by atoms with Crippen molar-refractivity contribution in [2.45, 2.75) is 25.3 Å². The van der Waals surface area contributed by atoms with Crippen LogP contribution in [0.5, 0.6) is 0 Å². The van der Waals surface area contributed by atoms with E-state index in [2.05, 4.69) is 30.2 Å². The Morgan fingerprint density at radius 2 is 2.32 bits per heavy atom. The van der Waals surface area contributed by atoms with Crippen LogP contribution < -0.4 is 10.2 Å². The van der Waals surface area contributed by atoms with Crippen LogP contribution in [0.4, 0.5) is 11.8 Å². The molecule has 3 N–H and O–H groups in total. The first-order chi connectivity index (χ1) is 9.33. The smallest absolute Gasteiger partial charge is 0.226 e. The van der Waals surface area contributed by atoms with Crippen molar-refractivity contribution >= 4 is 22.9 Å². The van der Waals surface area contributed by atoms with E-state index in [1.165, 1.54) is 6.42 Å². The number of hydrogen-bond acceptors (Lipinski definition) is 6. The highest BCUT2D eigenvalue weighted by molar-refractivity contribution is 5.84. The lowest BCUT2D eigenvalue weighted by Gasteiger charge is -2.38. The first-order valence-electron chi connectivity index (χ1n) is 6.60. The normalized spacial score (nSPS) is 15.5. The van der Waals surface area contributed by atoms with E-state index >= 15 is 0 Å². The first kappa shape index (κ1) is 12.2. The number of H-pyrrole nitrogens is 1. The standard InChI is InChI=1S/C12H18N6O/c1-13-12-16-10-9(14-7-15-10)11(17-12)18(5-6-19)8-3-2-4-8/h7-8,19H,2-6H2,1H3,(H2,13,14,15,16,17). The van der Waals surface area contributed by atoms with Gasteiger partial charge in [0.1, 0.15) is 5.52 Å². The van der Waals surface area contributed by atoms with E-state index in [4.69, 9.17) is 0 Å². The third-order valence-corrected chi connectivity index (χ3v) is 3.62. The van der Waals surface area contributed by atoms with Gasteiger partial charge in [-0.1, -0.05) is 0 Å². The molecule has 2 aromatic heterocycles. The number of nitrogens with one attached hydrogen (secondary N) is 2. The number of hydrogen-bond donors (Lipinski definition) is 3. The van der Waals surface area contributed by atoms with Gasteiger partial charge >= 0.3 is 0 Å². The van der Waals surface area contributed by atoms with Gasteiger partial charge in [0.2, 0.25) is 5.95 Å². The fraction of sp³-hybridized carbons (Fsp3) is 0.583. The topological polar surface area (TPSA) is 90.0 Å². The van der Waals surface area contributed by atoms with Crippen molar-refractivity contribution in [2.24, 2.45) is 0 Å². The van der Waals surface area contributed by atoms with Crippen LogP contribution in [0, 0.1) is 0 Å². The van der Waals surface area contributed by atoms with Crippen molar-refractivity contribution in [1.29, 1.82) is 0 Å². The lowest BCUT2D eigenvalue weighted by atomic mass is 9.91. The molecule has 7 heteroatoms. The summed E-state index contributed by atoms with van der Waals surface area (Å²) in [5.41, 5.74) is 1.48. The summed E-state index contributed by atoms with van der Waals surface area (Å²) >= 11 is 0. The van der Waals surface area contributed by atoms with Gasteiger partial charge in [0.05, 0.1) is 12.9 Å². The molecule has 1 aliphatic carbocycles. The predicted octanol–water partition coefficient (Wildman–Crippen LogP) is 0.746. The molecule has 0 spiro atoms. The second-order valence-electron chi connectivity index (χ2n) is 4.72. The molecular weight excluding hydrogens is 244 g/mol. The van der Waals surface area contributed by atoms with E-state index in [-0.39, 0.29) is 6.61 Å². The Morgan fingerprint density at radius 1 is 1.47 bits per heavy atom. The maximum atomic E-state index is 9.29. The molecule has 0 aromatic carbocycles. The lowest BCUT2D eigenvalue weighted by Crippen LogP contribution is -2.42. The van der Waals surface area contributed by atoms with E-state index in [1.54, 1.807) is 13.4 Å². The van der Waals surface area contributed by atoms with E-state index in [1.807, 2.05) is 0 Å². The van der Waals surface area contributed by atoms with Gasteiger partial charge in [-0.05, 0) is 19.3 Å². The molecule has 1 aliphatic rings. The number of rotatable bonds is 5.